The molecule has 0 aliphatic heterocycles. The zero-order valence-electron chi connectivity index (χ0n) is 9.93. The standard InChI is InChI=1S/C12H15NO2S2/c1-4-6-9-10(5-2)17-12(16)13(9)8-7-11(14)15-3/h4-6H,2,7-8H2,1,3H3/b6-4-. The summed E-state index contributed by atoms with van der Waals surface area (Å²) in [6.07, 6.45) is 6.02. The van der Waals surface area contributed by atoms with Gasteiger partial charge >= 0.3 is 5.97 Å². The molecule has 1 aromatic rings. The summed E-state index contributed by atoms with van der Waals surface area (Å²) in [6, 6.07) is 0. The van der Waals surface area contributed by atoms with Gasteiger partial charge < -0.3 is 9.30 Å². The van der Waals surface area contributed by atoms with Gasteiger partial charge in [0.05, 0.1) is 24.1 Å². The minimum atomic E-state index is -0.232. The molecular weight excluding hydrogens is 254 g/mol. The van der Waals surface area contributed by atoms with Crippen molar-refractivity contribution >= 4 is 41.7 Å². The van der Waals surface area contributed by atoms with Crippen molar-refractivity contribution in [2.75, 3.05) is 7.11 Å². The summed E-state index contributed by atoms with van der Waals surface area (Å²) < 4.78 is 7.31. The Balaban J connectivity index is 3.05. The molecule has 3 nitrogen and oxygen atoms in total. The monoisotopic (exact) mass is 269 g/mol. The van der Waals surface area contributed by atoms with Crippen LogP contribution in [0.25, 0.3) is 12.2 Å². The van der Waals surface area contributed by atoms with E-state index in [2.05, 4.69) is 11.3 Å². The minimum absolute atomic E-state index is 0.232. The summed E-state index contributed by atoms with van der Waals surface area (Å²) in [5.74, 6) is -0.232. The number of hydrogen-bond donors (Lipinski definition) is 0. The van der Waals surface area contributed by atoms with Gasteiger partial charge in [0.1, 0.15) is 0 Å². The number of allylic oxidation sites excluding steroid dienone is 1. The first-order chi connectivity index (χ1) is 8.13. The van der Waals surface area contributed by atoms with Gasteiger partial charge in [0.2, 0.25) is 0 Å². The maximum atomic E-state index is 11.1. The summed E-state index contributed by atoms with van der Waals surface area (Å²) >= 11 is 6.77. The van der Waals surface area contributed by atoms with Crippen LogP contribution in [-0.2, 0) is 16.1 Å². The van der Waals surface area contributed by atoms with Crippen molar-refractivity contribution < 1.29 is 9.53 Å². The van der Waals surface area contributed by atoms with Crippen LogP contribution in [0.15, 0.2) is 12.7 Å². The fraction of sp³-hybridized carbons (Fsp3) is 0.333. The number of rotatable bonds is 5. The summed E-state index contributed by atoms with van der Waals surface area (Å²) in [7, 11) is 1.39. The lowest BCUT2D eigenvalue weighted by molar-refractivity contribution is -0.140. The summed E-state index contributed by atoms with van der Waals surface area (Å²) in [6.45, 7) is 6.24. The lowest BCUT2D eigenvalue weighted by Crippen LogP contribution is -2.08. The Morgan fingerprint density at radius 3 is 2.88 bits per heavy atom. The third-order valence-corrected chi connectivity index (χ3v) is 3.70. The van der Waals surface area contributed by atoms with Gasteiger partial charge in [0.25, 0.3) is 0 Å². The van der Waals surface area contributed by atoms with Gasteiger partial charge in [-0.3, -0.25) is 4.79 Å². The molecule has 0 amide bonds. The second kappa shape index (κ2) is 6.51. The van der Waals surface area contributed by atoms with Crippen LogP contribution in [0, 0.1) is 3.95 Å². The number of ether oxygens (including phenoxy) is 1. The highest BCUT2D eigenvalue weighted by Crippen LogP contribution is 2.22. The Bertz CT molecular complexity index is 497. The van der Waals surface area contributed by atoms with Crippen molar-refractivity contribution in [2.45, 2.75) is 19.9 Å². The molecule has 1 aromatic heterocycles. The van der Waals surface area contributed by atoms with Gasteiger partial charge in [-0.25, -0.2) is 0 Å². The number of nitrogens with zero attached hydrogens (tertiary/aromatic N) is 1. The van der Waals surface area contributed by atoms with Crippen LogP contribution >= 0.6 is 23.6 Å². The normalized spacial score (nSPS) is 10.7. The van der Waals surface area contributed by atoms with E-state index in [9.17, 15) is 4.79 Å². The molecule has 0 bridgehead atoms. The molecule has 0 aliphatic carbocycles. The van der Waals surface area contributed by atoms with Crippen LogP contribution in [0.1, 0.15) is 23.9 Å². The molecule has 0 fully saturated rings. The van der Waals surface area contributed by atoms with Crippen molar-refractivity contribution in [2.24, 2.45) is 0 Å². The van der Waals surface area contributed by atoms with E-state index in [1.807, 2.05) is 23.6 Å². The van der Waals surface area contributed by atoms with Crippen molar-refractivity contribution in [1.82, 2.24) is 4.57 Å². The van der Waals surface area contributed by atoms with Gasteiger partial charge in [-0.15, -0.1) is 11.3 Å². The van der Waals surface area contributed by atoms with Gasteiger partial charge in [0, 0.05) is 6.54 Å². The van der Waals surface area contributed by atoms with Crippen molar-refractivity contribution in [3.8, 4) is 0 Å². The third-order valence-electron chi connectivity index (χ3n) is 2.24. The van der Waals surface area contributed by atoms with Crippen molar-refractivity contribution in [3.05, 3.63) is 27.2 Å². The number of thiazole rings is 1. The highest BCUT2D eigenvalue weighted by molar-refractivity contribution is 7.73. The third kappa shape index (κ3) is 3.38. The van der Waals surface area contributed by atoms with E-state index in [4.69, 9.17) is 12.2 Å². The molecule has 1 rings (SSSR count). The Kier molecular flexibility index (Phi) is 5.31. The topological polar surface area (TPSA) is 31.2 Å². The second-order valence-corrected chi connectivity index (χ2v) is 4.98. The molecule has 0 saturated heterocycles. The predicted octanol–water partition coefficient (Wildman–Crippen LogP) is 3.52. The fourth-order valence-electron chi connectivity index (χ4n) is 1.43. The minimum Gasteiger partial charge on any atom is -0.469 e. The van der Waals surface area contributed by atoms with Gasteiger partial charge in [0.15, 0.2) is 3.95 Å². The summed E-state index contributed by atoms with van der Waals surface area (Å²) in [5.41, 5.74) is 1.00. The van der Waals surface area contributed by atoms with E-state index in [1.165, 1.54) is 18.4 Å². The van der Waals surface area contributed by atoms with E-state index in [0.717, 1.165) is 14.5 Å². The SMILES string of the molecule is C=Cc1sc(=S)n(CCC(=O)OC)c1/C=C\C. The molecule has 0 atom stereocenters. The predicted molar refractivity (Wildman–Crippen MR) is 74.6 cm³/mol. The Morgan fingerprint density at radius 2 is 2.35 bits per heavy atom. The van der Waals surface area contributed by atoms with Crippen LogP contribution in [0.3, 0.4) is 0 Å². The maximum Gasteiger partial charge on any atom is 0.307 e. The smallest absolute Gasteiger partial charge is 0.307 e. The fourth-order valence-corrected chi connectivity index (χ4v) is 2.74. The van der Waals surface area contributed by atoms with E-state index >= 15 is 0 Å². The molecule has 0 N–H and O–H groups in total. The van der Waals surface area contributed by atoms with Crippen molar-refractivity contribution in [3.63, 3.8) is 0 Å². The van der Waals surface area contributed by atoms with E-state index in [-0.39, 0.29) is 5.97 Å². The number of hydrogen-bond acceptors (Lipinski definition) is 4. The molecule has 0 unspecified atom stereocenters. The van der Waals surface area contributed by atoms with Gasteiger partial charge in [-0.1, -0.05) is 12.7 Å². The first kappa shape index (κ1) is 13.9. The molecule has 5 heteroatoms. The highest BCUT2D eigenvalue weighted by Gasteiger charge is 2.09. The Hall–Kier alpha value is -1.20. The lowest BCUT2D eigenvalue weighted by atomic mass is 10.3. The molecule has 0 aliphatic rings. The number of esters is 1. The zero-order valence-corrected chi connectivity index (χ0v) is 11.6. The molecule has 0 saturated carbocycles. The number of carbonyl (C=O) groups excluding carboxylic acids is 1. The molecule has 17 heavy (non-hydrogen) atoms. The maximum absolute atomic E-state index is 11.1. The summed E-state index contributed by atoms with van der Waals surface area (Å²) in [5, 5.41) is 0. The van der Waals surface area contributed by atoms with Crippen molar-refractivity contribution in [1.29, 1.82) is 0 Å². The molecule has 1 heterocycles. The van der Waals surface area contributed by atoms with Crippen LogP contribution in [0.4, 0.5) is 0 Å². The van der Waals surface area contributed by atoms with Crippen LogP contribution < -0.4 is 0 Å². The molecular formula is C12H15NO2S2. The lowest BCUT2D eigenvalue weighted by Gasteiger charge is -2.05. The van der Waals surface area contributed by atoms with Crippen LogP contribution in [-0.4, -0.2) is 17.6 Å². The first-order valence-electron chi connectivity index (χ1n) is 5.19. The average Bonchev–Trinajstić information content (AvgIpc) is 2.63. The van der Waals surface area contributed by atoms with Gasteiger partial charge in [-0.2, -0.15) is 0 Å². The molecule has 92 valence electrons. The van der Waals surface area contributed by atoms with E-state index in [1.54, 1.807) is 6.08 Å². The van der Waals surface area contributed by atoms with Gasteiger partial charge in [-0.05, 0) is 31.3 Å². The van der Waals surface area contributed by atoms with E-state index in [0.29, 0.717) is 13.0 Å². The average molecular weight is 269 g/mol. The van der Waals surface area contributed by atoms with E-state index < -0.39 is 0 Å². The Labute approximate surface area is 110 Å². The summed E-state index contributed by atoms with van der Waals surface area (Å²) in [4.78, 5) is 12.2. The first-order valence-corrected chi connectivity index (χ1v) is 6.42. The number of carbonyl (C=O) groups is 1. The number of methoxy groups -OCH3 is 1. The molecule has 0 radical (unpaired) electrons. The number of aromatic nitrogens is 1. The zero-order chi connectivity index (χ0) is 12.8. The second-order valence-electron chi connectivity index (χ2n) is 3.30. The molecule has 0 spiro atoms. The Morgan fingerprint density at radius 1 is 1.65 bits per heavy atom. The largest absolute Gasteiger partial charge is 0.469 e. The molecule has 0 aromatic carbocycles. The quantitative estimate of drug-likeness (QED) is 0.605. The van der Waals surface area contributed by atoms with Crippen LogP contribution in [0.5, 0.6) is 0 Å². The highest BCUT2D eigenvalue weighted by atomic mass is 32.1. The van der Waals surface area contributed by atoms with Crippen LogP contribution in [0.2, 0.25) is 0 Å².